The molecule has 0 saturated heterocycles. The molecular formula is C36H68O6. The summed E-state index contributed by atoms with van der Waals surface area (Å²) in [6, 6.07) is 0. The lowest BCUT2D eigenvalue weighted by Crippen LogP contribution is -2.21. The summed E-state index contributed by atoms with van der Waals surface area (Å²) in [6.07, 6.45) is 33.4. The van der Waals surface area contributed by atoms with E-state index in [-0.39, 0.29) is 31.3 Å². The largest absolute Gasteiger partial charge is 0.463 e. The second-order valence-corrected chi connectivity index (χ2v) is 11.6. The van der Waals surface area contributed by atoms with Gasteiger partial charge in [-0.2, -0.15) is 0 Å². The Labute approximate surface area is 259 Å². The van der Waals surface area contributed by atoms with Crippen LogP contribution in [0.2, 0.25) is 0 Å². The number of aliphatic hydroxyl groups is 2. The smallest absolute Gasteiger partial charge is 0.306 e. The highest BCUT2D eigenvalue weighted by molar-refractivity contribution is 5.69. The summed E-state index contributed by atoms with van der Waals surface area (Å²) >= 11 is 0. The van der Waals surface area contributed by atoms with E-state index in [4.69, 9.17) is 19.7 Å². The van der Waals surface area contributed by atoms with Crippen molar-refractivity contribution in [3.05, 3.63) is 24.3 Å². The molecule has 248 valence electrons. The maximum atomic E-state index is 11.4. The topological polar surface area (TPSA) is 93.1 Å². The number of ether oxygens (including phenoxy) is 2. The van der Waals surface area contributed by atoms with Gasteiger partial charge in [0.25, 0.3) is 0 Å². The minimum absolute atomic E-state index is 0.0143. The predicted octanol–water partition coefficient (Wildman–Crippen LogP) is 9.56. The molecule has 0 aromatic rings. The number of hydrogen-bond acceptors (Lipinski definition) is 6. The van der Waals surface area contributed by atoms with Crippen LogP contribution in [-0.4, -0.2) is 47.6 Å². The molecule has 42 heavy (non-hydrogen) atoms. The summed E-state index contributed by atoms with van der Waals surface area (Å²) in [7, 11) is 0. The Kier molecular flexibility index (Phi) is 35.9. The van der Waals surface area contributed by atoms with Crippen LogP contribution in [0.4, 0.5) is 0 Å². The van der Waals surface area contributed by atoms with E-state index in [9.17, 15) is 9.59 Å². The molecule has 2 N–H and O–H groups in total. The minimum atomic E-state index is -0.952. The molecule has 0 amide bonds. The third-order valence-electron chi connectivity index (χ3n) is 6.83. The number of rotatable bonds is 28. The fourth-order valence-corrected chi connectivity index (χ4v) is 4.30. The van der Waals surface area contributed by atoms with E-state index in [1.807, 2.05) is 13.8 Å². The Hall–Kier alpha value is -1.66. The first-order valence-corrected chi connectivity index (χ1v) is 17.3. The van der Waals surface area contributed by atoms with Crippen molar-refractivity contribution in [1.29, 1.82) is 0 Å². The molecule has 0 aliphatic carbocycles. The molecule has 1 unspecified atom stereocenters. The van der Waals surface area contributed by atoms with Gasteiger partial charge in [-0.3, -0.25) is 9.59 Å². The number of carbonyl (C=O) groups is 2. The van der Waals surface area contributed by atoms with Crippen molar-refractivity contribution in [3.8, 4) is 0 Å². The van der Waals surface area contributed by atoms with Gasteiger partial charge in [-0.15, -0.1) is 0 Å². The lowest BCUT2D eigenvalue weighted by molar-refractivity contribution is -0.148. The van der Waals surface area contributed by atoms with Crippen molar-refractivity contribution < 1.29 is 29.3 Å². The first kappa shape index (κ1) is 42.5. The van der Waals surface area contributed by atoms with Gasteiger partial charge in [0.1, 0.15) is 12.7 Å². The standard InChI is InChI=1S/C21H38O2.C15H30O4/c1-4-5-6-7-8-9-10-11-12-13-14-15-16-17-18-19-21(22)23-20(2)3;1-2-3-4-5-6-7-8-9-10-11-15(18)19-13-14(17)12-16/h8-9,11-12,20H,4-7,10,13-19H2,1-3H3;14,16-17H,2-13H2,1H3/b9-8-,12-11-;. The zero-order valence-electron chi connectivity index (χ0n) is 28.0. The van der Waals surface area contributed by atoms with Crippen LogP contribution < -0.4 is 0 Å². The average molecular weight is 597 g/mol. The first-order chi connectivity index (χ1) is 20.4. The summed E-state index contributed by atoms with van der Waals surface area (Å²) in [6.45, 7) is 7.78. The number of aliphatic hydroxyl groups excluding tert-OH is 2. The maximum Gasteiger partial charge on any atom is 0.306 e. The number of esters is 2. The summed E-state index contributed by atoms with van der Waals surface area (Å²) in [5, 5.41) is 17.6. The van der Waals surface area contributed by atoms with Crippen molar-refractivity contribution in [2.75, 3.05) is 13.2 Å². The van der Waals surface area contributed by atoms with Crippen LogP contribution in [-0.2, 0) is 19.1 Å². The lowest BCUT2D eigenvalue weighted by atomic mass is 10.1. The van der Waals surface area contributed by atoms with Crippen molar-refractivity contribution in [1.82, 2.24) is 0 Å². The quantitative estimate of drug-likeness (QED) is 0.0531. The van der Waals surface area contributed by atoms with Gasteiger partial charge in [0.05, 0.1) is 12.7 Å². The number of allylic oxidation sites excluding steroid dienone is 4. The molecule has 6 nitrogen and oxygen atoms in total. The normalized spacial score (nSPS) is 12.1. The molecule has 0 aromatic heterocycles. The molecule has 0 radical (unpaired) electrons. The molecule has 1 atom stereocenters. The third kappa shape index (κ3) is 38.3. The Bertz CT molecular complexity index is 628. The zero-order chi connectivity index (χ0) is 31.5. The monoisotopic (exact) mass is 597 g/mol. The molecule has 0 heterocycles. The molecule has 0 fully saturated rings. The van der Waals surface area contributed by atoms with Crippen molar-refractivity contribution in [2.45, 2.75) is 181 Å². The molecule has 0 aliphatic heterocycles. The van der Waals surface area contributed by atoms with Gasteiger partial charge in [0.15, 0.2) is 0 Å². The molecule has 0 aliphatic rings. The van der Waals surface area contributed by atoms with Crippen LogP contribution >= 0.6 is 0 Å². The van der Waals surface area contributed by atoms with Gasteiger partial charge in [-0.25, -0.2) is 0 Å². The van der Waals surface area contributed by atoms with Crippen LogP contribution in [0.3, 0.4) is 0 Å². The lowest BCUT2D eigenvalue weighted by Gasteiger charge is -2.08. The highest BCUT2D eigenvalue weighted by Gasteiger charge is 2.07. The predicted molar refractivity (Wildman–Crippen MR) is 176 cm³/mol. The second kappa shape index (κ2) is 35.5. The Balaban J connectivity index is 0. The fourth-order valence-electron chi connectivity index (χ4n) is 4.30. The number of carbonyl (C=O) groups excluding carboxylic acids is 2. The minimum Gasteiger partial charge on any atom is -0.463 e. The van der Waals surface area contributed by atoms with Crippen molar-refractivity contribution in [2.24, 2.45) is 0 Å². The fraction of sp³-hybridized carbons (Fsp3) is 0.833. The maximum absolute atomic E-state index is 11.4. The van der Waals surface area contributed by atoms with E-state index in [1.54, 1.807) is 0 Å². The highest BCUT2D eigenvalue weighted by Crippen LogP contribution is 2.11. The Morgan fingerprint density at radius 2 is 1.05 bits per heavy atom. The van der Waals surface area contributed by atoms with Crippen LogP contribution in [0.25, 0.3) is 0 Å². The van der Waals surface area contributed by atoms with E-state index in [0.717, 1.165) is 32.1 Å². The van der Waals surface area contributed by atoms with Gasteiger partial charge in [0, 0.05) is 12.8 Å². The second-order valence-electron chi connectivity index (χ2n) is 11.6. The molecule has 0 bridgehead atoms. The zero-order valence-corrected chi connectivity index (χ0v) is 28.0. The van der Waals surface area contributed by atoms with E-state index >= 15 is 0 Å². The third-order valence-corrected chi connectivity index (χ3v) is 6.83. The average Bonchev–Trinajstić information content (AvgIpc) is 2.97. The van der Waals surface area contributed by atoms with Gasteiger partial charge < -0.3 is 19.7 Å². The van der Waals surface area contributed by atoms with Crippen LogP contribution in [0, 0.1) is 0 Å². The summed E-state index contributed by atoms with van der Waals surface area (Å²) in [5.74, 6) is -0.332. The summed E-state index contributed by atoms with van der Waals surface area (Å²) in [4.78, 5) is 22.6. The van der Waals surface area contributed by atoms with Crippen LogP contribution in [0.1, 0.15) is 169 Å². The van der Waals surface area contributed by atoms with Gasteiger partial charge in [0.2, 0.25) is 0 Å². The van der Waals surface area contributed by atoms with Crippen molar-refractivity contribution >= 4 is 11.9 Å². The van der Waals surface area contributed by atoms with E-state index in [0.29, 0.717) is 12.8 Å². The summed E-state index contributed by atoms with van der Waals surface area (Å²) < 4.78 is 9.93. The molecule has 0 rings (SSSR count). The van der Waals surface area contributed by atoms with Gasteiger partial charge >= 0.3 is 11.9 Å². The van der Waals surface area contributed by atoms with Crippen molar-refractivity contribution in [3.63, 3.8) is 0 Å². The summed E-state index contributed by atoms with van der Waals surface area (Å²) in [5.41, 5.74) is 0. The number of unbranched alkanes of at least 4 members (excludes halogenated alkanes) is 16. The molecule has 0 aromatic carbocycles. The molecule has 6 heteroatoms. The van der Waals surface area contributed by atoms with Crippen LogP contribution in [0.5, 0.6) is 0 Å². The van der Waals surface area contributed by atoms with E-state index < -0.39 is 6.10 Å². The highest BCUT2D eigenvalue weighted by atomic mass is 16.5. The van der Waals surface area contributed by atoms with E-state index in [2.05, 4.69) is 38.2 Å². The Morgan fingerprint density at radius 3 is 1.55 bits per heavy atom. The molecular weight excluding hydrogens is 528 g/mol. The molecule has 0 saturated carbocycles. The SMILES string of the molecule is CCCCC/C=C\C/C=C\CCCCCCCC(=O)OC(C)C.CCCCCCCCCCCC(=O)OCC(O)CO. The van der Waals surface area contributed by atoms with Gasteiger partial charge in [-0.05, 0) is 58.8 Å². The van der Waals surface area contributed by atoms with E-state index in [1.165, 1.54) is 96.3 Å². The first-order valence-electron chi connectivity index (χ1n) is 17.3. The number of hydrogen-bond donors (Lipinski definition) is 2. The van der Waals surface area contributed by atoms with Gasteiger partial charge in [-0.1, -0.05) is 122 Å². The van der Waals surface area contributed by atoms with Crippen LogP contribution in [0.15, 0.2) is 24.3 Å². The Morgan fingerprint density at radius 1 is 0.619 bits per heavy atom. The molecule has 0 spiro atoms.